The Balaban J connectivity index is 1.69. The summed E-state index contributed by atoms with van der Waals surface area (Å²) in [6.45, 7) is 2.45. The van der Waals surface area contributed by atoms with Crippen molar-refractivity contribution in [2.24, 2.45) is 7.05 Å². The number of benzene rings is 1. The lowest BCUT2D eigenvalue weighted by Gasteiger charge is -2.32. The number of halogens is 1. The van der Waals surface area contributed by atoms with Gasteiger partial charge in [0.05, 0.1) is 13.7 Å². The molecule has 22 heavy (non-hydrogen) atoms. The highest BCUT2D eigenvalue weighted by molar-refractivity contribution is 5.28. The molecule has 1 fully saturated rings. The van der Waals surface area contributed by atoms with E-state index in [2.05, 4.69) is 20.4 Å². The molecule has 0 aliphatic carbocycles. The van der Waals surface area contributed by atoms with Crippen LogP contribution < -0.4 is 4.74 Å². The second-order valence-corrected chi connectivity index (χ2v) is 5.21. The molecule has 1 aliphatic heterocycles. The van der Waals surface area contributed by atoms with Crippen LogP contribution in [0.3, 0.4) is 0 Å². The third kappa shape index (κ3) is 3.07. The van der Waals surface area contributed by atoms with E-state index in [-0.39, 0.29) is 11.9 Å². The minimum atomic E-state index is -0.261. The van der Waals surface area contributed by atoms with Crippen LogP contribution in [0.4, 0.5) is 4.39 Å². The smallest absolute Gasteiger partial charge is 0.181 e. The van der Waals surface area contributed by atoms with E-state index in [0.717, 1.165) is 6.54 Å². The van der Waals surface area contributed by atoms with E-state index in [0.29, 0.717) is 36.8 Å². The van der Waals surface area contributed by atoms with E-state index in [1.807, 2.05) is 0 Å². The summed E-state index contributed by atoms with van der Waals surface area (Å²) in [6, 6.07) is 4.92. The number of ether oxygens (including phenoxy) is 2. The van der Waals surface area contributed by atoms with Gasteiger partial charge in [0.1, 0.15) is 17.7 Å². The van der Waals surface area contributed by atoms with Gasteiger partial charge in [-0.25, -0.2) is 9.07 Å². The first-order chi connectivity index (χ1) is 10.7. The van der Waals surface area contributed by atoms with Gasteiger partial charge in [-0.2, -0.15) is 0 Å². The molecule has 1 aromatic heterocycles. The van der Waals surface area contributed by atoms with Gasteiger partial charge in [0.2, 0.25) is 0 Å². The standard InChI is InChI=1S/C14H18FN5O2/c1-19-14(16-17-18-19)13-9-20(5-6-22-13)8-10-3-4-11(21-2)7-12(10)15/h3-4,7,13H,5-6,8-9H2,1-2H3. The average molecular weight is 307 g/mol. The van der Waals surface area contributed by atoms with Gasteiger partial charge in [-0.15, -0.1) is 5.10 Å². The molecule has 8 heteroatoms. The zero-order valence-electron chi connectivity index (χ0n) is 12.6. The highest BCUT2D eigenvalue weighted by Crippen LogP contribution is 2.23. The molecule has 1 aromatic carbocycles. The van der Waals surface area contributed by atoms with Crippen LogP contribution in [0.2, 0.25) is 0 Å². The van der Waals surface area contributed by atoms with E-state index in [9.17, 15) is 4.39 Å². The average Bonchev–Trinajstić information content (AvgIpc) is 2.96. The maximum absolute atomic E-state index is 14.1. The molecular formula is C14H18FN5O2. The molecule has 2 heterocycles. The van der Waals surface area contributed by atoms with Crippen molar-refractivity contribution in [2.45, 2.75) is 12.6 Å². The van der Waals surface area contributed by atoms with Gasteiger partial charge in [-0.3, -0.25) is 4.90 Å². The molecule has 1 unspecified atom stereocenters. The van der Waals surface area contributed by atoms with Crippen molar-refractivity contribution in [1.82, 2.24) is 25.1 Å². The number of hydrogen-bond acceptors (Lipinski definition) is 6. The van der Waals surface area contributed by atoms with Gasteiger partial charge < -0.3 is 9.47 Å². The third-order valence-electron chi connectivity index (χ3n) is 3.75. The molecule has 0 spiro atoms. The van der Waals surface area contributed by atoms with E-state index >= 15 is 0 Å². The van der Waals surface area contributed by atoms with Crippen LogP contribution in [0, 0.1) is 5.82 Å². The summed E-state index contributed by atoms with van der Waals surface area (Å²) < 4.78 is 26.4. The van der Waals surface area contributed by atoms with Gasteiger partial charge in [0.25, 0.3) is 0 Å². The van der Waals surface area contributed by atoms with Crippen LogP contribution >= 0.6 is 0 Å². The van der Waals surface area contributed by atoms with Crippen molar-refractivity contribution in [3.8, 4) is 5.75 Å². The number of morpholine rings is 1. The van der Waals surface area contributed by atoms with E-state index < -0.39 is 0 Å². The fourth-order valence-corrected chi connectivity index (χ4v) is 2.54. The van der Waals surface area contributed by atoms with Crippen LogP contribution in [0.15, 0.2) is 18.2 Å². The van der Waals surface area contributed by atoms with Gasteiger partial charge in [-0.05, 0) is 16.5 Å². The van der Waals surface area contributed by atoms with Crippen molar-refractivity contribution >= 4 is 0 Å². The lowest BCUT2D eigenvalue weighted by atomic mass is 10.1. The fraction of sp³-hybridized carbons (Fsp3) is 0.500. The third-order valence-corrected chi connectivity index (χ3v) is 3.75. The monoisotopic (exact) mass is 307 g/mol. The Morgan fingerprint density at radius 2 is 2.32 bits per heavy atom. The maximum atomic E-state index is 14.1. The molecule has 0 amide bonds. The molecular weight excluding hydrogens is 289 g/mol. The number of nitrogens with zero attached hydrogens (tertiary/aromatic N) is 5. The van der Waals surface area contributed by atoms with Crippen molar-refractivity contribution in [1.29, 1.82) is 0 Å². The van der Waals surface area contributed by atoms with Gasteiger partial charge in [0, 0.05) is 38.3 Å². The Morgan fingerprint density at radius 1 is 1.45 bits per heavy atom. The van der Waals surface area contributed by atoms with Crippen LogP contribution in [-0.2, 0) is 18.3 Å². The summed E-state index contributed by atoms with van der Waals surface area (Å²) >= 11 is 0. The minimum Gasteiger partial charge on any atom is -0.497 e. The molecule has 1 saturated heterocycles. The highest BCUT2D eigenvalue weighted by atomic mass is 19.1. The molecule has 0 bridgehead atoms. The Bertz CT molecular complexity index is 648. The largest absolute Gasteiger partial charge is 0.497 e. The molecule has 0 saturated carbocycles. The van der Waals surface area contributed by atoms with Gasteiger partial charge in [-0.1, -0.05) is 6.07 Å². The summed E-state index contributed by atoms with van der Waals surface area (Å²) in [4.78, 5) is 2.13. The predicted molar refractivity (Wildman–Crippen MR) is 75.7 cm³/mol. The molecule has 2 aromatic rings. The van der Waals surface area contributed by atoms with Crippen molar-refractivity contribution in [2.75, 3.05) is 26.8 Å². The summed E-state index contributed by atoms with van der Waals surface area (Å²) in [5.41, 5.74) is 0.637. The first-order valence-corrected chi connectivity index (χ1v) is 7.06. The first-order valence-electron chi connectivity index (χ1n) is 7.06. The number of aromatic nitrogens is 4. The normalized spacial score (nSPS) is 19.3. The number of tetrazole rings is 1. The molecule has 118 valence electrons. The second-order valence-electron chi connectivity index (χ2n) is 5.21. The summed E-state index contributed by atoms with van der Waals surface area (Å²) in [7, 11) is 3.30. The molecule has 1 aliphatic rings. The second kappa shape index (κ2) is 6.37. The quantitative estimate of drug-likeness (QED) is 0.837. The van der Waals surface area contributed by atoms with Crippen LogP contribution in [0.5, 0.6) is 5.75 Å². The highest BCUT2D eigenvalue weighted by Gasteiger charge is 2.26. The Kier molecular flexibility index (Phi) is 4.30. The molecule has 7 nitrogen and oxygen atoms in total. The number of methoxy groups -OCH3 is 1. The number of aryl methyl sites for hydroxylation is 1. The van der Waals surface area contributed by atoms with Crippen molar-refractivity contribution < 1.29 is 13.9 Å². The van der Waals surface area contributed by atoms with Gasteiger partial charge in [0.15, 0.2) is 5.82 Å². The van der Waals surface area contributed by atoms with E-state index in [4.69, 9.17) is 9.47 Å². The van der Waals surface area contributed by atoms with E-state index in [1.165, 1.54) is 13.2 Å². The van der Waals surface area contributed by atoms with Crippen LogP contribution in [-0.4, -0.2) is 51.9 Å². The summed E-state index contributed by atoms with van der Waals surface area (Å²) in [6.07, 6.45) is -0.199. The molecule has 1 atom stereocenters. The zero-order valence-corrected chi connectivity index (χ0v) is 12.6. The predicted octanol–water partition coefficient (Wildman–Crippen LogP) is 0.931. The van der Waals surface area contributed by atoms with Crippen LogP contribution in [0.1, 0.15) is 17.5 Å². The summed E-state index contributed by atoms with van der Waals surface area (Å²) in [5.74, 6) is 0.939. The maximum Gasteiger partial charge on any atom is 0.181 e. The lowest BCUT2D eigenvalue weighted by Crippen LogP contribution is -2.38. The molecule has 3 rings (SSSR count). The minimum absolute atomic E-state index is 0.199. The number of hydrogen-bond donors (Lipinski definition) is 0. The van der Waals surface area contributed by atoms with Gasteiger partial charge >= 0.3 is 0 Å². The Morgan fingerprint density at radius 3 is 3.00 bits per heavy atom. The fourth-order valence-electron chi connectivity index (χ4n) is 2.54. The topological polar surface area (TPSA) is 65.3 Å². The Hall–Kier alpha value is -2.06. The Labute approximate surface area is 127 Å². The van der Waals surface area contributed by atoms with E-state index in [1.54, 1.807) is 23.9 Å². The van der Waals surface area contributed by atoms with Crippen molar-refractivity contribution in [3.05, 3.63) is 35.4 Å². The molecule has 0 N–H and O–H groups in total. The first kappa shape index (κ1) is 14.9. The SMILES string of the molecule is COc1ccc(CN2CCOC(c3nnnn3C)C2)c(F)c1. The summed E-state index contributed by atoms with van der Waals surface area (Å²) in [5, 5.41) is 11.4. The molecule has 0 radical (unpaired) electrons. The zero-order chi connectivity index (χ0) is 15.5. The van der Waals surface area contributed by atoms with Crippen LogP contribution in [0.25, 0.3) is 0 Å². The van der Waals surface area contributed by atoms with Crippen molar-refractivity contribution in [3.63, 3.8) is 0 Å². The number of rotatable bonds is 4. The lowest BCUT2D eigenvalue weighted by molar-refractivity contribution is -0.0391.